The molecule has 0 heterocycles. The molecule has 0 aromatic heterocycles. The first-order chi connectivity index (χ1) is 8.16. The molecule has 92 valence electrons. The van der Waals surface area contributed by atoms with Crippen LogP contribution in [0, 0.1) is 6.92 Å². The molecule has 3 heteroatoms. The lowest BCUT2D eigenvalue weighted by Gasteiger charge is -2.14. The van der Waals surface area contributed by atoms with Gasteiger partial charge in [0.05, 0.1) is 0 Å². The van der Waals surface area contributed by atoms with Gasteiger partial charge < -0.3 is 10.6 Å². The van der Waals surface area contributed by atoms with Crippen molar-refractivity contribution in [2.45, 2.75) is 32.7 Å². The van der Waals surface area contributed by atoms with Crippen LogP contribution in [0.2, 0.25) is 0 Å². The number of nitrogens with one attached hydrogen (secondary N) is 2. The molecule has 17 heavy (non-hydrogen) atoms. The van der Waals surface area contributed by atoms with Gasteiger partial charge in [-0.1, -0.05) is 23.8 Å². The molecule has 0 fully saturated rings. The van der Waals surface area contributed by atoms with Crippen molar-refractivity contribution < 1.29 is 4.79 Å². The maximum Gasteiger partial charge on any atom is 0.216 e. The molecule has 2 N–H and O–H groups in total. The average molecular weight is 232 g/mol. The zero-order valence-electron chi connectivity index (χ0n) is 10.5. The van der Waals surface area contributed by atoms with Gasteiger partial charge in [-0.2, -0.15) is 0 Å². The Morgan fingerprint density at radius 1 is 1.41 bits per heavy atom. The summed E-state index contributed by atoms with van der Waals surface area (Å²) in [6.07, 6.45) is 2.33. The largest absolute Gasteiger partial charge is 0.355 e. The van der Waals surface area contributed by atoms with Crippen LogP contribution >= 0.6 is 0 Å². The molecule has 1 aromatic carbocycles. The lowest BCUT2D eigenvalue weighted by atomic mass is 10.1. The summed E-state index contributed by atoms with van der Waals surface area (Å²) in [6.45, 7) is 5.21. The quantitative estimate of drug-likeness (QED) is 0.776. The summed E-state index contributed by atoms with van der Waals surface area (Å²) in [5, 5.41) is 6.31. The van der Waals surface area contributed by atoms with E-state index in [0.29, 0.717) is 12.6 Å². The third-order valence-corrected chi connectivity index (χ3v) is 3.27. The Hall–Kier alpha value is -1.35. The molecule has 1 amide bonds. The van der Waals surface area contributed by atoms with Crippen LogP contribution in [0.1, 0.15) is 36.1 Å². The number of carbonyl (C=O) groups excluding carboxylic acids is 1. The summed E-state index contributed by atoms with van der Waals surface area (Å²) in [5.41, 5.74) is 4.22. The van der Waals surface area contributed by atoms with E-state index in [-0.39, 0.29) is 5.91 Å². The molecule has 2 rings (SSSR count). The number of aryl methyl sites for hydroxylation is 2. The molecular weight excluding hydrogens is 212 g/mol. The summed E-state index contributed by atoms with van der Waals surface area (Å²) in [4.78, 5) is 10.7. The normalized spacial score (nSPS) is 17.9. The maximum atomic E-state index is 10.7. The van der Waals surface area contributed by atoms with Crippen LogP contribution < -0.4 is 10.6 Å². The van der Waals surface area contributed by atoms with Crippen molar-refractivity contribution in [3.63, 3.8) is 0 Å². The second-order valence-electron chi connectivity index (χ2n) is 4.73. The van der Waals surface area contributed by atoms with Gasteiger partial charge in [-0.15, -0.1) is 0 Å². The molecule has 0 saturated heterocycles. The van der Waals surface area contributed by atoms with Gasteiger partial charge in [-0.05, 0) is 30.9 Å². The van der Waals surface area contributed by atoms with E-state index in [0.717, 1.165) is 13.0 Å². The highest BCUT2D eigenvalue weighted by molar-refractivity contribution is 5.72. The lowest BCUT2D eigenvalue weighted by molar-refractivity contribution is -0.118. The van der Waals surface area contributed by atoms with Gasteiger partial charge in [0.1, 0.15) is 0 Å². The van der Waals surface area contributed by atoms with E-state index in [1.54, 1.807) is 6.92 Å². The van der Waals surface area contributed by atoms with Gasteiger partial charge in [0.2, 0.25) is 5.91 Å². The first kappa shape index (κ1) is 12.1. The Balaban J connectivity index is 1.88. The van der Waals surface area contributed by atoms with Crippen molar-refractivity contribution in [1.82, 2.24) is 10.6 Å². The van der Waals surface area contributed by atoms with Gasteiger partial charge in [0, 0.05) is 26.1 Å². The fourth-order valence-electron chi connectivity index (χ4n) is 2.42. The van der Waals surface area contributed by atoms with Crippen LogP contribution in [0.3, 0.4) is 0 Å². The van der Waals surface area contributed by atoms with Gasteiger partial charge in [-0.3, -0.25) is 4.79 Å². The van der Waals surface area contributed by atoms with Crippen LogP contribution in [0.4, 0.5) is 0 Å². The number of amides is 1. The molecule has 0 spiro atoms. The predicted octanol–water partition coefficient (Wildman–Crippen LogP) is 1.71. The second kappa shape index (κ2) is 5.32. The molecule has 1 aromatic rings. The molecule has 1 unspecified atom stereocenters. The minimum atomic E-state index is 0.0365. The smallest absolute Gasteiger partial charge is 0.216 e. The maximum absolute atomic E-state index is 10.7. The third kappa shape index (κ3) is 3.07. The van der Waals surface area contributed by atoms with Crippen LogP contribution in [0.5, 0.6) is 0 Å². The van der Waals surface area contributed by atoms with Gasteiger partial charge in [0.25, 0.3) is 0 Å². The summed E-state index contributed by atoms with van der Waals surface area (Å²) in [6, 6.07) is 7.15. The van der Waals surface area contributed by atoms with Crippen molar-refractivity contribution in [3.8, 4) is 0 Å². The minimum Gasteiger partial charge on any atom is -0.355 e. The highest BCUT2D eigenvalue weighted by Crippen LogP contribution is 2.31. The lowest BCUT2D eigenvalue weighted by Crippen LogP contribution is -2.31. The summed E-state index contributed by atoms with van der Waals surface area (Å²) in [7, 11) is 0. The Kier molecular flexibility index (Phi) is 3.79. The van der Waals surface area contributed by atoms with Gasteiger partial charge in [-0.25, -0.2) is 0 Å². The van der Waals surface area contributed by atoms with E-state index in [1.165, 1.54) is 23.1 Å². The number of hydrogen-bond donors (Lipinski definition) is 2. The molecule has 1 atom stereocenters. The van der Waals surface area contributed by atoms with E-state index < -0.39 is 0 Å². The van der Waals surface area contributed by atoms with E-state index in [2.05, 4.69) is 35.8 Å². The highest BCUT2D eigenvalue weighted by atomic mass is 16.1. The zero-order chi connectivity index (χ0) is 12.3. The molecule has 0 bridgehead atoms. The fraction of sp³-hybridized carbons (Fsp3) is 0.500. The SMILES string of the molecule is CC(=O)NCCNC1CCc2ccc(C)cc21. The van der Waals surface area contributed by atoms with Crippen LogP contribution in [-0.2, 0) is 11.2 Å². The molecule has 1 aliphatic rings. The molecule has 0 radical (unpaired) electrons. The van der Waals surface area contributed by atoms with Crippen LogP contribution in [0.25, 0.3) is 0 Å². The fourth-order valence-corrected chi connectivity index (χ4v) is 2.42. The van der Waals surface area contributed by atoms with E-state index in [1.807, 2.05) is 0 Å². The molecule has 0 aliphatic heterocycles. The summed E-state index contributed by atoms with van der Waals surface area (Å²) < 4.78 is 0. The third-order valence-electron chi connectivity index (χ3n) is 3.27. The summed E-state index contributed by atoms with van der Waals surface area (Å²) in [5.74, 6) is 0.0365. The van der Waals surface area contributed by atoms with Crippen LogP contribution in [-0.4, -0.2) is 19.0 Å². The molecule has 3 nitrogen and oxygen atoms in total. The summed E-state index contributed by atoms with van der Waals surface area (Å²) >= 11 is 0. The number of benzene rings is 1. The molecule has 1 aliphatic carbocycles. The Morgan fingerprint density at radius 3 is 3.00 bits per heavy atom. The van der Waals surface area contributed by atoms with E-state index in [9.17, 15) is 4.79 Å². The number of rotatable bonds is 4. The topological polar surface area (TPSA) is 41.1 Å². The van der Waals surface area contributed by atoms with E-state index in [4.69, 9.17) is 0 Å². The van der Waals surface area contributed by atoms with Crippen molar-refractivity contribution in [1.29, 1.82) is 0 Å². The van der Waals surface area contributed by atoms with Gasteiger partial charge >= 0.3 is 0 Å². The first-order valence-corrected chi connectivity index (χ1v) is 6.24. The second-order valence-corrected chi connectivity index (χ2v) is 4.73. The highest BCUT2D eigenvalue weighted by Gasteiger charge is 2.21. The predicted molar refractivity (Wildman–Crippen MR) is 68.9 cm³/mol. The number of carbonyl (C=O) groups is 1. The van der Waals surface area contributed by atoms with Crippen molar-refractivity contribution in [2.24, 2.45) is 0 Å². The number of hydrogen-bond acceptors (Lipinski definition) is 2. The van der Waals surface area contributed by atoms with E-state index >= 15 is 0 Å². The van der Waals surface area contributed by atoms with Crippen molar-refractivity contribution >= 4 is 5.91 Å². The van der Waals surface area contributed by atoms with Crippen molar-refractivity contribution in [3.05, 3.63) is 34.9 Å². The average Bonchev–Trinajstić information content (AvgIpc) is 2.67. The molecular formula is C14H20N2O. The van der Waals surface area contributed by atoms with Crippen molar-refractivity contribution in [2.75, 3.05) is 13.1 Å². The zero-order valence-corrected chi connectivity index (χ0v) is 10.5. The Labute approximate surface area is 103 Å². The van der Waals surface area contributed by atoms with Crippen LogP contribution in [0.15, 0.2) is 18.2 Å². The Morgan fingerprint density at radius 2 is 2.24 bits per heavy atom. The standard InChI is InChI=1S/C14H20N2O/c1-10-3-4-12-5-6-14(13(12)9-10)16-8-7-15-11(2)17/h3-4,9,14,16H,5-8H2,1-2H3,(H,15,17). The monoisotopic (exact) mass is 232 g/mol. The number of fused-ring (bicyclic) bond motifs is 1. The minimum absolute atomic E-state index is 0.0365. The van der Waals surface area contributed by atoms with Gasteiger partial charge in [0.15, 0.2) is 0 Å². The Bertz CT molecular complexity index is 415. The molecule has 0 saturated carbocycles. The first-order valence-electron chi connectivity index (χ1n) is 6.24.